The maximum atomic E-state index is 12.1. The zero-order chi connectivity index (χ0) is 16.8. The lowest BCUT2D eigenvalue weighted by atomic mass is 9.84. The predicted molar refractivity (Wildman–Crippen MR) is 85.5 cm³/mol. The van der Waals surface area contributed by atoms with Gasteiger partial charge < -0.3 is 14.8 Å². The number of nitro benzene ring substituents is 1. The summed E-state index contributed by atoms with van der Waals surface area (Å²) in [7, 11) is 0. The minimum Gasteiger partial charge on any atom is -0.454 e. The highest BCUT2D eigenvalue weighted by atomic mass is 16.7. The molecule has 0 unspecified atom stereocenters. The lowest BCUT2D eigenvalue weighted by Crippen LogP contribution is -2.23. The second-order valence-electron chi connectivity index (χ2n) is 5.90. The lowest BCUT2D eigenvalue weighted by molar-refractivity contribution is -0.385. The van der Waals surface area contributed by atoms with Crippen molar-refractivity contribution in [2.75, 3.05) is 12.1 Å². The average Bonchev–Trinajstić information content (AvgIpc) is 2.99. The van der Waals surface area contributed by atoms with E-state index < -0.39 is 4.92 Å². The number of aryl methyl sites for hydroxylation is 1. The molecule has 0 saturated carbocycles. The molecule has 0 aromatic heterocycles. The van der Waals surface area contributed by atoms with E-state index in [-0.39, 0.29) is 30.7 Å². The number of fused-ring (bicyclic) bond motifs is 2. The van der Waals surface area contributed by atoms with Gasteiger partial charge in [-0.2, -0.15) is 0 Å². The number of anilines is 1. The average molecular weight is 326 g/mol. The third-order valence-corrected chi connectivity index (χ3v) is 4.42. The molecule has 0 fully saturated rings. The molecule has 0 aliphatic carbocycles. The van der Waals surface area contributed by atoms with Crippen molar-refractivity contribution < 1.29 is 19.2 Å². The number of rotatable bonds is 2. The summed E-state index contributed by atoms with van der Waals surface area (Å²) >= 11 is 0. The van der Waals surface area contributed by atoms with Gasteiger partial charge in [-0.1, -0.05) is 12.1 Å². The summed E-state index contributed by atoms with van der Waals surface area (Å²) in [6, 6.07) is 8.68. The zero-order valence-electron chi connectivity index (χ0n) is 12.9. The molecule has 7 heteroatoms. The van der Waals surface area contributed by atoms with Gasteiger partial charge in [0, 0.05) is 35.7 Å². The smallest absolute Gasteiger partial charge is 0.272 e. The highest BCUT2D eigenvalue weighted by Gasteiger charge is 2.30. The highest BCUT2D eigenvalue weighted by Crippen LogP contribution is 2.45. The monoisotopic (exact) mass is 326 g/mol. The van der Waals surface area contributed by atoms with Crippen LogP contribution in [0, 0.1) is 17.0 Å². The number of nitro groups is 1. The number of ether oxygens (including phenoxy) is 2. The van der Waals surface area contributed by atoms with E-state index in [1.165, 1.54) is 0 Å². The molecule has 2 aromatic rings. The Hall–Kier alpha value is -3.09. The molecule has 0 radical (unpaired) electrons. The zero-order valence-corrected chi connectivity index (χ0v) is 12.9. The number of hydrogen-bond acceptors (Lipinski definition) is 5. The Morgan fingerprint density at radius 3 is 2.71 bits per heavy atom. The standard InChI is InChI=1S/C17H14N2O5/c1-9-2-3-10(4-14(9)19(21)22)11-6-17(20)18-13-7-16-15(5-12(11)13)23-8-24-16/h2-5,7,11H,6,8H2,1H3,(H,18,20)/t11-/m1/s1. The van der Waals surface area contributed by atoms with Crippen molar-refractivity contribution in [2.45, 2.75) is 19.3 Å². The first-order valence-electron chi connectivity index (χ1n) is 7.51. The van der Waals surface area contributed by atoms with E-state index in [9.17, 15) is 14.9 Å². The largest absolute Gasteiger partial charge is 0.454 e. The predicted octanol–water partition coefficient (Wildman–Crippen LogP) is 3.11. The van der Waals surface area contributed by atoms with E-state index in [2.05, 4.69) is 5.32 Å². The van der Waals surface area contributed by atoms with Crippen LogP contribution in [-0.2, 0) is 4.79 Å². The molecule has 1 N–H and O–H groups in total. The van der Waals surface area contributed by atoms with Crippen molar-refractivity contribution in [3.8, 4) is 11.5 Å². The van der Waals surface area contributed by atoms with Crippen molar-refractivity contribution in [1.82, 2.24) is 0 Å². The van der Waals surface area contributed by atoms with Crippen LogP contribution in [-0.4, -0.2) is 17.6 Å². The molecule has 1 amide bonds. The van der Waals surface area contributed by atoms with Crippen LogP contribution < -0.4 is 14.8 Å². The summed E-state index contributed by atoms with van der Waals surface area (Å²) in [5, 5.41) is 14.0. The van der Waals surface area contributed by atoms with Crippen LogP contribution in [0.2, 0.25) is 0 Å². The molecule has 24 heavy (non-hydrogen) atoms. The molecule has 4 rings (SSSR count). The lowest BCUT2D eigenvalue weighted by Gasteiger charge is -2.26. The van der Waals surface area contributed by atoms with Crippen LogP contribution in [0.3, 0.4) is 0 Å². The summed E-state index contributed by atoms with van der Waals surface area (Å²) in [6.07, 6.45) is 0.229. The van der Waals surface area contributed by atoms with E-state index in [1.54, 1.807) is 25.1 Å². The van der Waals surface area contributed by atoms with Gasteiger partial charge in [-0.15, -0.1) is 0 Å². The van der Waals surface area contributed by atoms with Gasteiger partial charge in [0.1, 0.15) is 0 Å². The molecule has 7 nitrogen and oxygen atoms in total. The van der Waals surface area contributed by atoms with Crippen molar-refractivity contribution in [2.24, 2.45) is 0 Å². The number of nitrogens with zero attached hydrogens (tertiary/aromatic N) is 1. The van der Waals surface area contributed by atoms with Crippen LogP contribution in [0.5, 0.6) is 11.5 Å². The Kier molecular flexibility index (Phi) is 3.16. The molecule has 1 atom stereocenters. The molecule has 2 aromatic carbocycles. The number of carbonyl (C=O) groups is 1. The number of carbonyl (C=O) groups excluding carboxylic acids is 1. The quantitative estimate of drug-likeness (QED) is 0.676. The van der Waals surface area contributed by atoms with E-state index in [0.717, 1.165) is 11.1 Å². The van der Waals surface area contributed by atoms with Crippen molar-refractivity contribution in [3.63, 3.8) is 0 Å². The molecule has 122 valence electrons. The van der Waals surface area contributed by atoms with E-state index in [4.69, 9.17) is 9.47 Å². The fraction of sp³-hybridized carbons (Fsp3) is 0.235. The molecule has 0 bridgehead atoms. The Bertz CT molecular complexity index is 878. The summed E-state index contributed by atoms with van der Waals surface area (Å²) in [5.41, 5.74) is 2.92. The number of benzene rings is 2. The third kappa shape index (κ3) is 2.25. The van der Waals surface area contributed by atoms with E-state index in [1.807, 2.05) is 12.1 Å². The molecule has 2 aliphatic rings. The Morgan fingerprint density at radius 2 is 1.96 bits per heavy atom. The highest BCUT2D eigenvalue weighted by molar-refractivity contribution is 5.96. The normalized spacial score (nSPS) is 18.0. The first-order valence-corrected chi connectivity index (χ1v) is 7.51. The maximum absolute atomic E-state index is 12.1. The summed E-state index contributed by atoms with van der Waals surface area (Å²) in [5.74, 6) is 0.818. The van der Waals surface area contributed by atoms with Gasteiger partial charge >= 0.3 is 0 Å². The first-order chi connectivity index (χ1) is 11.5. The van der Waals surface area contributed by atoms with Crippen LogP contribution in [0.15, 0.2) is 30.3 Å². The van der Waals surface area contributed by atoms with Crippen molar-refractivity contribution in [1.29, 1.82) is 0 Å². The van der Waals surface area contributed by atoms with E-state index in [0.29, 0.717) is 22.7 Å². The first kappa shape index (κ1) is 14.5. The van der Waals surface area contributed by atoms with Gasteiger partial charge in [-0.25, -0.2) is 0 Å². The van der Waals surface area contributed by atoms with Crippen LogP contribution >= 0.6 is 0 Å². The molecule has 2 aliphatic heterocycles. The minimum atomic E-state index is -0.401. The Balaban J connectivity index is 1.84. The Labute approximate surface area is 137 Å². The number of hydrogen-bond donors (Lipinski definition) is 1. The fourth-order valence-corrected chi connectivity index (χ4v) is 3.19. The number of nitrogens with one attached hydrogen (secondary N) is 1. The van der Waals surface area contributed by atoms with Gasteiger partial charge in [0.05, 0.1) is 4.92 Å². The molecular weight excluding hydrogens is 312 g/mol. The minimum absolute atomic E-state index is 0.0563. The SMILES string of the molecule is Cc1ccc([C@H]2CC(=O)Nc3cc4c(cc32)OCO4)cc1[N+](=O)[O-]. The molecule has 0 saturated heterocycles. The molecular formula is C17H14N2O5. The van der Waals surface area contributed by atoms with Gasteiger partial charge in [0.2, 0.25) is 12.7 Å². The van der Waals surface area contributed by atoms with Crippen molar-refractivity contribution in [3.05, 3.63) is 57.1 Å². The van der Waals surface area contributed by atoms with Gasteiger partial charge in [-0.05, 0) is 24.1 Å². The topological polar surface area (TPSA) is 90.7 Å². The van der Waals surface area contributed by atoms with Crippen LogP contribution in [0.4, 0.5) is 11.4 Å². The summed E-state index contributed by atoms with van der Waals surface area (Å²) in [4.78, 5) is 22.9. The second-order valence-corrected chi connectivity index (χ2v) is 5.90. The van der Waals surface area contributed by atoms with Crippen molar-refractivity contribution >= 4 is 17.3 Å². The van der Waals surface area contributed by atoms with Crippen LogP contribution in [0.25, 0.3) is 0 Å². The van der Waals surface area contributed by atoms with Gasteiger partial charge in [0.15, 0.2) is 11.5 Å². The summed E-state index contributed by atoms with van der Waals surface area (Å²) in [6.45, 7) is 1.84. The van der Waals surface area contributed by atoms with Crippen LogP contribution in [0.1, 0.15) is 29.0 Å². The Morgan fingerprint density at radius 1 is 1.21 bits per heavy atom. The summed E-state index contributed by atoms with van der Waals surface area (Å²) < 4.78 is 10.8. The maximum Gasteiger partial charge on any atom is 0.272 e. The van der Waals surface area contributed by atoms with E-state index >= 15 is 0 Å². The van der Waals surface area contributed by atoms with Gasteiger partial charge in [-0.3, -0.25) is 14.9 Å². The number of amides is 1. The molecule has 0 spiro atoms. The second kappa shape index (κ2) is 5.23. The fourth-order valence-electron chi connectivity index (χ4n) is 3.19. The molecule has 2 heterocycles. The third-order valence-electron chi connectivity index (χ3n) is 4.42. The van der Waals surface area contributed by atoms with Gasteiger partial charge in [0.25, 0.3) is 5.69 Å².